The maximum absolute atomic E-state index is 11.1. The van der Waals surface area contributed by atoms with E-state index >= 15 is 0 Å². The van der Waals surface area contributed by atoms with Gasteiger partial charge in [-0.2, -0.15) is 0 Å². The average Bonchev–Trinajstić information content (AvgIpc) is 2.13. The first-order chi connectivity index (χ1) is 6.51. The van der Waals surface area contributed by atoms with E-state index in [4.69, 9.17) is 10.2 Å². The van der Waals surface area contributed by atoms with Crippen LogP contribution in [0, 0.1) is 0 Å². The monoisotopic (exact) mass is 204 g/mol. The summed E-state index contributed by atoms with van der Waals surface area (Å²) in [5.74, 6) is -1.26. The minimum absolute atomic E-state index is 0.0249. The minimum atomic E-state index is -1.26. The van der Waals surface area contributed by atoms with Gasteiger partial charge in [0.1, 0.15) is 0 Å². The molecule has 6 heteroatoms. The van der Waals surface area contributed by atoms with Gasteiger partial charge in [-0.15, -0.1) is 0 Å². The van der Waals surface area contributed by atoms with Gasteiger partial charge in [-0.25, -0.2) is 9.59 Å². The van der Waals surface area contributed by atoms with Crippen molar-refractivity contribution in [3.05, 3.63) is 0 Å². The molecule has 0 aromatic rings. The lowest BCUT2D eigenvalue weighted by molar-refractivity contribution is -0.140. The van der Waals surface area contributed by atoms with Gasteiger partial charge in [0.25, 0.3) is 0 Å². The first kappa shape index (κ1) is 12.7. The number of carbonyl (C=O) groups is 2. The minimum Gasteiger partial charge on any atom is -0.480 e. The summed E-state index contributed by atoms with van der Waals surface area (Å²) in [6.07, 6.45) is 0.754. The predicted molar refractivity (Wildman–Crippen MR) is 49.9 cm³/mol. The molecule has 2 atom stereocenters. The normalized spacial score (nSPS) is 14.2. The van der Waals surface area contributed by atoms with Crippen LogP contribution in [0.4, 0.5) is 4.79 Å². The molecule has 0 aromatic heterocycles. The number of carboxylic acids is 1. The molecule has 0 bridgehead atoms. The van der Waals surface area contributed by atoms with Crippen molar-refractivity contribution >= 4 is 12.0 Å². The van der Waals surface area contributed by atoms with E-state index in [9.17, 15) is 9.59 Å². The Hall–Kier alpha value is -1.30. The van der Waals surface area contributed by atoms with Crippen molar-refractivity contribution in [1.29, 1.82) is 0 Å². The van der Waals surface area contributed by atoms with Crippen molar-refractivity contribution in [3.8, 4) is 0 Å². The van der Waals surface area contributed by atoms with E-state index in [1.807, 2.05) is 6.92 Å². The van der Waals surface area contributed by atoms with Crippen molar-refractivity contribution in [2.45, 2.75) is 32.4 Å². The molecular formula is C8H16N2O4. The first-order valence-electron chi connectivity index (χ1n) is 4.42. The average molecular weight is 204 g/mol. The van der Waals surface area contributed by atoms with Crippen LogP contribution in [0.1, 0.15) is 20.3 Å². The van der Waals surface area contributed by atoms with Gasteiger partial charge in [0.15, 0.2) is 6.04 Å². The van der Waals surface area contributed by atoms with E-state index in [0.717, 1.165) is 6.42 Å². The van der Waals surface area contributed by atoms with Crippen LogP contribution in [0.5, 0.6) is 0 Å². The Labute approximate surface area is 82.3 Å². The molecule has 0 aliphatic rings. The van der Waals surface area contributed by atoms with E-state index in [1.54, 1.807) is 6.92 Å². The van der Waals surface area contributed by atoms with Gasteiger partial charge in [-0.3, -0.25) is 0 Å². The number of amides is 2. The van der Waals surface area contributed by atoms with E-state index in [0.29, 0.717) is 0 Å². The molecule has 0 aromatic carbocycles. The van der Waals surface area contributed by atoms with E-state index in [2.05, 4.69) is 10.6 Å². The van der Waals surface area contributed by atoms with Gasteiger partial charge in [-0.05, 0) is 13.3 Å². The summed E-state index contributed by atoms with van der Waals surface area (Å²) in [4.78, 5) is 21.5. The number of carbonyl (C=O) groups excluding carboxylic acids is 1. The number of aliphatic carboxylic acids is 1. The number of hydrogen-bond donors (Lipinski definition) is 4. The molecule has 0 fully saturated rings. The number of rotatable bonds is 5. The molecule has 4 N–H and O–H groups in total. The summed E-state index contributed by atoms with van der Waals surface area (Å²) in [7, 11) is 0. The third kappa shape index (κ3) is 4.66. The van der Waals surface area contributed by atoms with Crippen LogP contribution < -0.4 is 10.6 Å². The zero-order chi connectivity index (χ0) is 11.1. The Kier molecular flexibility index (Phi) is 5.62. The van der Waals surface area contributed by atoms with Crippen LogP contribution in [0.2, 0.25) is 0 Å². The summed E-state index contributed by atoms with van der Waals surface area (Å²) in [6, 6.07) is -1.86. The Balaban J connectivity index is 3.97. The van der Waals surface area contributed by atoms with E-state index < -0.39 is 24.6 Å². The van der Waals surface area contributed by atoms with Gasteiger partial charge in [0, 0.05) is 6.04 Å². The highest BCUT2D eigenvalue weighted by Crippen LogP contribution is 1.88. The summed E-state index contributed by atoms with van der Waals surface area (Å²) in [5.41, 5.74) is 0. The van der Waals surface area contributed by atoms with Crippen LogP contribution in [0.25, 0.3) is 0 Å². The molecule has 2 amide bonds. The largest absolute Gasteiger partial charge is 0.480 e. The number of aliphatic hydroxyl groups is 1. The fraction of sp³-hybridized carbons (Fsp3) is 0.750. The smallest absolute Gasteiger partial charge is 0.328 e. The fourth-order valence-electron chi connectivity index (χ4n) is 0.711. The number of hydrogen-bond acceptors (Lipinski definition) is 3. The van der Waals surface area contributed by atoms with Crippen molar-refractivity contribution in [3.63, 3.8) is 0 Å². The molecule has 0 rings (SSSR count). The van der Waals surface area contributed by atoms with Crippen molar-refractivity contribution < 1.29 is 19.8 Å². The third-order valence-corrected chi connectivity index (χ3v) is 1.78. The van der Waals surface area contributed by atoms with Crippen LogP contribution in [0.15, 0.2) is 0 Å². The van der Waals surface area contributed by atoms with Crippen molar-refractivity contribution in [2.75, 3.05) is 6.61 Å². The maximum atomic E-state index is 11.1. The number of carboxylic acid groups (broad SMARTS) is 1. The standard InChI is InChI=1S/C8H16N2O4/c1-3-5(2)9-8(14)10-6(4-11)7(12)13/h5-6,11H,3-4H2,1-2H3,(H,12,13)(H2,9,10,14)/t5?,6-/m0/s1. The van der Waals surface area contributed by atoms with E-state index in [1.165, 1.54) is 0 Å². The molecule has 6 nitrogen and oxygen atoms in total. The van der Waals surface area contributed by atoms with Gasteiger partial charge >= 0.3 is 12.0 Å². The van der Waals surface area contributed by atoms with E-state index in [-0.39, 0.29) is 6.04 Å². The van der Waals surface area contributed by atoms with Crippen LogP contribution >= 0.6 is 0 Å². The molecule has 82 valence electrons. The number of aliphatic hydroxyl groups excluding tert-OH is 1. The van der Waals surface area contributed by atoms with Crippen molar-refractivity contribution in [2.24, 2.45) is 0 Å². The molecule has 0 heterocycles. The van der Waals surface area contributed by atoms with Crippen molar-refractivity contribution in [1.82, 2.24) is 10.6 Å². The topological polar surface area (TPSA) is 98.7 Å². The molecule has 14 heavy (non-hydrogen) atoms. The molecule has 0 saturated heterocycles. The molecule has 0 spiro atoms. The summed E-state index contributed by atoms with van der Waals surface area (Å²) in [5, 5.41) is 21.8. The third-order valence-electron chi connectivity index (χ3n) is 1.78. The van der Waals surface area contributed by atoms with Crippen LogP contribution in [-0.2, 0) is 4.79 Å². The maximum Gasteiger partial charge on any atom is 0.328 e. The Bertz CT molecular complexity index is 208. The quantitative estimate of drug-likeness (QED) is 0.486. The summed E-state index contributed by atoms with van der Waals surface area (Å²) < 4.78 is 0. The number of nitrogens with one attached hydrogen (secondary N) is 2. The molecule has 0 radical (unpaired) electrons. The highest BCUT2D eigenvalue weighted by molar-refractivity contribution is 5.82. The second kappa shape index (κ2) is 6.20. The second-order valence-corrected chi connectivity index (χ2v) is 3.00. The molecule has 0 saturated carbocycles. The Morgan fingerprint density at radius 1 is 1.36 bits per heavy atom. The molecular weight excluding hydrogens is 188 g/mol. The lowest BCUT2D eigenvalue weighted by Crippen LogP contribution is -2.49. The van der Waals surface area contributed by atoms with Crippen LogP contribution in [-0.4, -0.2) is 40.9 Å². The zero-order valence-electron chi connectivity index (χ0n) is 8.28. The van der Waals surface area contributed by atoms with Gasteiger partial charge < -0.3 is 20.8 Å². The second-order valence-electron chi connectivity index (χ2n) is 3.00. The SMILES string of the molecule is CCC(C)NC(=O)N[C@@H](CO)C(=O)O. The number of urea groups is 1. The molecule has 0 aliphatic carbocycles. The molecule has 0 aliphatic heterocycles. The van der Waals surface area contributed by atoms with Crippen LogP contribution in [0.3, 0.4) is 0 Å². The highest BCUT2D eigenvalue weighted by Gasteiger charge is 2.18. The lowest BCUT2D eigenvalue weighted by Gasteiger charge is -2.15. The summed E-state index contributed by atoms with van der Waals surface area (Å²) in [6.45, 7) is 3.07. The predicted octanol–water partition coefficient (Wildman–Crippen LogP) is -0.470. The summed E-state index contributed by atoms with van der Waals surface area (Å²) >= 11 is 0. The van der Waals surface area contributed by atoms with Gasteiger partial charge in [0.05, 0.1) is 6.61 Å². The lowest BCUT2D eigenvalue weighted by atomic mass is 10.3. The zero-order valence-corrected chi connectivity index (χ0v) is 8.28. The van der Waals surface area contributed by atoms with Gasteiger partial charge in [0.2, 0.25) is 0 Å². The molecule has 1 unspecified atom stereocenters. The highest BCUT2D eigenvalue weighted by atomic mass is 16.4. The fourth-order valence-corrected chi connectivity index (χ4v) is 0.711. The first-order valence-corrected chi connectivity index (χ1v) is 4.42. The van der Waals surface area contributed by atoms with Gasteiger partial charge in [-0.1, -0.05) is 6.92 Å². The Morgan fingerprint density at radius 2 is 1.93 bits per heavy atom. The Morgan fingerprint density at radius 3 is 2.29 bits per heavy atom.